The summed E-state index contributed by atoms with van der Waals surface area (Å²) in [7, 11) is 0. The summed E-state index contributed by atoms with van der Waals surface area (Å²) in [4.78, 5) is 24.5. The monoisotopic (exact) mass is 300 g/mol. The first-order valence-corrected chi connectivity index (χ1v) is 7.77. The SMILES string of the molecule is C[C@H]1CCCC[C@@H]1NC(=O)Cn1nnc2ccccc2c1=O. The molecule has 0 saturated heterocycles. The normalized spacial score (nSPS) is 21.7. The Hall–Kier alpha value is -2.24. The molecule has 116 valence electrons. The van der Waals surface area contributed by atoms with Crippen molar-refractivity contribution < 1.29 is 4.79 Å². The van der Waals surface area contributed by atoms with E-state index in [0.717, 1.165) is 23.9 Å². The van der Waals surface area contributed by atoms with E-state index in [2.05, 4.69) is 22.6 Å². The van der Waals surface area contributed by atoms with Gasteiger partial charge in [0.15, 0.2) is 0 Å². The molecule has 1 fully saturated rings. The second-order valence-corrected chi connectivity index (χ2v) is 6.01. The molecule has 2 aromatic rings. The Bertz CT molecular complexity index is 740. The van der Waals surface area contributed by atoms with Crippen LogP contribution in [0.5, 0.6) is 0 Å². The number of hydrogen-bond donors (Lipinski definition) is 1. The molecule has 1 amide bonds. The maximum absolute atomic E-state index is 12.3. The number of carbonyl (C=O) groups excluding carboxylic acids is 1. The van der Waals surface area contributed by atoms with Crippen molar-refractivity contribution in [3.63, 3.8) is 0 Å². The maximum atomic E-state index is 12.3. The van der Waals surface area contributed by atoms with Gasteiger partial charge < -0.3 is 5.32 Å². The molecule has 1 aliphatic carbocycles. The number of fused-ring (bicyclic) bond motifs is 1. The summed E-state index contributed by atoms with van der Waals surface area (Å²) in [6, 6.07) is 7.21. The third-order valence-electron chi connectivity index (χ3n) is 4.38. The zero-order chi connectivity index (χ0) is 15.5. The lowest BCUT2D eigenvalue weighted by atomic mass is 9.86. The molecule has 1 saturated carbocycles. The summed E-state index contributed by atoms with van der Waals surface area (Å²) >= 11 is 0. The molecule has 0 bridgehead atoms. The highest BCUT2D eigenvalue weighted by Gasteiger charge is 2.23. The highest BCUT2D eigenvalue weighted by molar-refractivity contribution is 5.78. The van der Waals surface area contributed by atoms with Crippen molar-refractivity contribution in [1.29, 1.82) is 0 Å². The smallest absolute Gasteiger partial charge is 0.278 e. The Balaban J connectivity index is 1.74. The van der Waals surface area contributed by atoms with Crippen LogP contribution in [0.15, 0.2) is 29.1 Å². The van der Waals surface area contributed by atoms with Crippen molar-refractivity contribution in [2.24, 2.45) is 5.92 Å². The van der Waals surface area contributed by atoms with Crippen molar-refractivity contribution in [3.8, 4) is 0 Å². The van der Waals surface area contributed by atoms with Crippen molar-refractivity contribution in [2.45, 2.75) is 45.2 Å². The molecular formula is C16H20N4O2. The zero-order valence-electron chi connectivity index (χ0n) is 12.7. The van der Waals surface area contributed by atoms with Gasteiger partial charge in [0.1, 0.15) is 12.1 Å². The fraction of sp³-hybridized carbons (Fsp3) is 0.500. The van der Waals surface area contributed by atoms with Crippen molar-refractivity contribution in [2.75, 3.05) is 0 Å². The van der Waals surface area contributed by atoms with E-state index in [1.807, 2.05) is 0 Å². The molecule has 22 heavy (non-hydrogen) atoms. The Kier molecular flexibility index (Phi) is 4.18. The van der Waals surface area contributed by atoms with Crippen molar-refractivity contribution in [3.05, 3.63) is 34.6 Å². The standard InChI is InChI=1S/C16H20N4O2/c1-11-6-2-4-8-13(11)17-15(21)10-20-16(22)12-7-3-5-9-14(12)18-19-20/h3,5,7,9,11,13H,2,4,6,8,10H2,1H3,(H,17,21)/t11-,13-/m0/s1. The minimum atomic E-state index is -0.280. The van der Waals surface area contributed by atoms with Crippen LogP contribution in [-0.2, 0) is 11.3 Å². The van der Waals surface area contributed by atoms with Gasteiger partial charge in [-0.3, -0.25) is 9.59 Å². The number of aromatic nitrogens is 3. The molecule has 1 aromatic heterocycles. The molecule has 3 rings (SSSR count). The van der Waals surface area contributed by atoms with Gasteiger partial charge in [-0.2, -0.15) is 0 Å². The molecule has 6 nitrogen and oxygen atoms in total. The van der Waals surface area contributed by atoms with Gasteiger partial charge in [-0.25, -0.2) is 4.68 Å². The summed E-state index contributed by atoms with van der Waals surface area (Å²) in [5, 5.41) is 11.4. The lowest BCUT2D eigenvalue weighted by molar-refractivity contribution is -0.123. The molecule has 0 unspecified atom stereocenters. The van der Waals surface area contributed by atoms with Crippen LogP contribution < -0.4 is 10.9 Å². The van der Waals surface area contributed by atoms with Crippen LogP contribution in [-0.4, -0.2) is 26.9 Å². The summed E-state index contributed by atoms with van der Waals surface area (Å²) in [5.74, 6) is 0.308. The van der Waals surface area contributed by atoms with E-state index in [4.69, 9.17) is 0 Å². The summed E-state index contributed by atoms with van der Waals surface area (Å²) in [5.41, 5.74) is 0.266. The highest BCUT2D eigenvalue weighted by atomic mass is 16.2. The van der Waals surface area contributed by atoms with E-state index in [1.165, 1.54) is 6.42 Å². The van der Waals surface area contributed by atoms with Gasteiger partial charge in [0.2, 0.25) is 5.91 Å². The van der Waals surface area contributed by atoms with Gasteiger partial charge in [-0.05, 0) is 30.9 Å². The number of carbonyl (C=O) groups is 1. The van der Waals surface area contributed by atoms with Crippen LogP contribution >= 0.6 is 0 Å². The predicted octanol–water partition coefficient (Wildman–Crippen LogP) is 1.49. The summed E-state index contributed by atoms with van der Waals surface area (Å²) in [6.45, 7) is 2.08. The first-order valence-electron chi connectivity index (χ1n) is 7.77. The van der Waals surface area contributed by atoms with Crippen LogP contribution in [0.1, 0.15) is 32.6 Å². The van der Waals surface area contributed by atoms with E-state index in [0.29, 0.717) is 16.8 Å². The summed E-state index contributed by atoms with van der Waals surface area (Å²) < 4.78 is 1.13. The molecule has 6 heteroatoms. The molecule has 0 aliphatic heterocycles. The molecule has 1 N–H and O–H groups in total. The number of rotatable bonds is 3. The lowest BCUT2D eigenvalue weighted by Gasteiger charge is -2.29. The second kappa shape index (κ2) is 6.25. The third-order valence-corrected chi connectivity index (χ3v) is 4.38. The number of amides is 1. The van der Waals surface area contributed by atoms with Crippen LogP contribution in [0.2, 0.25) is 0 Å². The molecular weight excluding hydrogens is 280 g/mol. The first kappa shape index (κ1) is 14.7. The lowest BCUT2D eigenvalue weighted by Crippen LogP contribution is -2.44. The molecule has 0 radical (unpaired) electrons. The van der Waals surface area contributed by atoms with E-state index in [1.54, 1.807) is 24.3 Å². The quantitative estimate of drug-likeness (QED) is 0.931. The average molecular weight is 300 g/mol. The number of nitrogens with one attached hydrogen (secondary N) is 1. The fourth-order valence-electron chi connectivity index (χ4n) is 3.05. The number of benzene rings is 1. The maximum Gasteiger partial charge on any atom is 0.278 e. The minimum absolute atomic E-state index is 0.0834. The topological polar surface area (TPSA) is 76.9 Å². The third kappa shape index (κ3) is 3.00. The average Bonchev–Trinajstić information content (AvgIpc) is 2.53. The Morgan fingerprint density at radius 3 is 2.91 bits per heavy atom. The van der Waals surface area contributed by atoms with Crippen molar-refractivity contribution in [1.82, 2.24) is 20.3 Å². The summed E-state index contributed by atoms with van der Waals surface area (Å²) in [6.07, 6.45) is 4.51. The van der Waals surface area contributed by atoms with Gasteiger partial charge in [0.05, 0.1) is 5.39 Å². The van der Waals surface area contributed by atoms with Gasteiger partial charge in [-0.1, -0.05) is 37.1 Å². The van der Waals surface area contributed by atoms with E-state index >= 15 is 0 Å². The molecule has 1 aromatic carbocycles. The highest BCUT2D eigenvalue weighted by Crippen LogP contribution is 2.23. The molecule has 0 spiro atoms. The van der Waals surface area contributed by atoms with Crippen LogP contribution in [0.4, 0.5) is 0 Å². The Morgan fingerprint density at radius 2 is 2.09 bits per heavy atom. The predicted molar refractivity (Wildman–Crippen MR) is 83.4 cm³/mol. The zero-order valence-corrected chi connectivity index (χ0v) is 12.7. The van der Waals surface area contributed by atoms with E-state index < -0.39 is 0 Å². The second-order valence-electron chi connectivity index (χ2n) is 6.01. The van der Waals surface area contributed by atoms with Gasteiger partial charge in [0.25, 0.3) is 5.56 Å². The van der Waals surface area contributed by atoms with Gasteiger partial charge in [-0.15, -0.1) is 5.10 Å². The van der Waals surface area contributed by atoms with Crippen molar-refractivity contribution >= 4 is 16.8 Å². The van der Waals surface area contributed by atoms with E-state index in [9.17, 15) is 9.59 Å². The molecule has 2 atom stereocenters. The Morgan fingerprint density at radius 1 is 1.32 bits per heavy atom. The number of hydrogen-bond acceptors (Lipinski definition) is 4. The fourth-order valence-corrected chi connectivity index (χ4v) is 3.05. The van der Waals surface area contributed by atoms with Crippen LogP contribution in [0, 0.1) is 5.92 Å². The molecule has 1 aliphatic rings. The molecule has 1 heterocycles. The van der Waals surface area contributed by atoms with Crippen LogP contribution in [0.25, 0.3) is 10.9 Å². The van der Waals surface area contributed by atoms with E-state index in [-0.39, 0.29) is 24.1 Å². The van der Waals surface area contributed by atoms with Gasteiger partial charge in [0, 0.05) is 6.04 Å². The van der Waals surface area contributed by atoms with Crippen LogP contribution in [0.3, 0.4) is 0 Å². The first-order chi connectivity index (χ1) is 10.6. The van der Waals surface area contributed by atoms with Gasteiger partial charge >= 0.3 is 0 Å². The number of nitrogens with zero attached hydrogens (tertiary/aromatic N) is 3. The Labute approximate surface area is 128 Å². The largest absolute Gasteiger partial charge is 0.351 e. The minimum Gasteiger partial charge on any atom is -0.351 e.